The fourth-order valence-corrected chi connectivity index (χ4v) is 2.44. The number of aromatic amines is 1. The zero-order valence-corrected chi connectivity index (χ0v) is 11.9. The largest absolute Gasteiger partial charge is 0.346 e. The van der Waals surface area contributed by atoms with Gasteiger partial charge in [0.2, 0.25) is 0 Å². The minimum absolute atomic E-state index is 0.246. The Morgan fingerprint density at radius 2 is 2.00 bits per heavy atom. The van der Waals surface area contributed by atoms with Crippen molar-refractivity contribution >= 4 is 28.7 Å². The molecule has 2 aromatic heterocycles. The van der Waals surface area contributed by atoms with Gasteiger partial charge in [0.1, 0.15) is 0 Å². The summed E-state index contributed by atoms with van der Waals surface area (Å²) in [5, 5.41) is 18.2. The van der Waals surface area contributed by atoms with Crippen LogP contribution in [0.1, 0.15) is 15.4 Å². The maximum absolute atomic E-state index is 12.1. The van der Waals surface area contributed by atoms with Crippen molar-refractivity contribution in [2.45, 2.75) is 6.54 Å². The van der Waals surface area contributed by atoms with E-state index < -0.39 is 0 Å². The lowest BCUT2D eigenvalue weighted by Gasteiger charge is -2.05. The fourth-order valence-electron chi connectivity index (χ4n) is 1.80. The van der Waals surface area contributed by atoms with Crippen LogP contribution in [0.15, 0.2) is 47.8 Å². The Morgan fingerprint density at radius 1 is 1.14 bits per heavy atom. The lowest BCUT2D eigenvalue weighted by atomic mass is 10.3. The Labute approximate surface area is 125 Å². The van der Waals surface area contributed by atoms with Crippen LogP contribution in [0.2, 0.25) is 0 Å². The molecule has 0 bridgehead atoms. The maximum atomic E-state index is 12.1. The van der Waals surface area contributed by atoms with Crippen LogP contribution in [-0.4, -0.2) is 21.3 Å². The molecule has 0 unspecified atom stereocenters. The average molecular weight is 299 g/mol. The number of rotatable bonds is 5. The first-order valence-corrected chi connectivity index (χ1v) is 7.24. The molecule has 0 fully saturated rings. The number of hydrogen-bond acceptors (Lipinski definition) is 5. The molecule has 3 N–H and O–H groups in total. The third kappa shape index (κ3) is 3.26. The van der Waals surface area contributed by atoms with Crippen molar-refractivity contribution in [2.75, 3.05) is 5.32 Å². The Balaban J connectivity index is 1.68. The Bertz CT molecular complexity index is 708. The van der Waals surface area contributed by atoms with Crippen molar-refractivity contribution in [1.82, 2.24) is 20.7 Å². The van der Waals surface area contributed by atoms with Gasteiger partial charge in [0.05, 0.1) is 6.54 Å². The Hall–Kier alpha value is -2.67. The summed E-state index contributed by atoms with van der Waals surface area (Å²) < 4.78 is 0. The second-order valence-corrected chi connectivity index (χ2v) is 5.31. The van der Waals surface area contributed by atoms with Crippen LogP contribution < -0.4 is 10.6 Å². The standard InChI is InChI=1S/C14H13N5OS/c20-14(15-9-11-7-4-8-21-11)12-13(18-19-17-12)16-10-5-2-1-3-6-10/h1-8H,9H2,(H,15,20)(H2,16,17,18,19). The van der Waals surface area contributed by atoms with Crippen LogP contribution in [-0.2, 0) is 6.54 Å². The molecule has 0 saturated heterocycles. The number of nitrogens with zero attached hydrogens (tertiary/aromatic N) is 2. The van der Waals surface area contributed by atoms with E-state index in [0.29, 0.717) is 12.4 Å². The zero-order valence-electron chi connectivity index (χ0n) is 11.0. The molecular formula is C14H13N5OS. The van der Waals surface area contributed by atoms with Crippen molar-refractivity contribution in [2.24, 2.45) is 0 Å². The summed E-state index contributed by atoms with van der Waals surface area (Å²) >= 11 is 1.59. The highest BCUT2D eigenvalue weighted by atomic mass is 32.1. The van der Waals surface area contributed by atoms with E-state index in [9.17, 15) is 4.79 Å². The van der Waals surface area contributed by atoms with Crippen LogP contribution in [0.3, 0.4) is 0 Å². The molecule has 2 heterocycles. The average Bonchev–Trinajstić information content (AvgIpc) is 3.17. The highest BCUT2D eigenvalue weighted by Crippen LogP contribution is 2.16. The number of nitrogens with one attached hydrogen (secondary N) is 3. The second-order valence-electron chi connectivity index (χ2n) is 4.27. The molecule has 3 aromatic rings. The summed E-state index contributed by atoms with van der Waals surface area (Å²) in [6, 6.07) is 13.4. The molecule has 0 aliphatic carbocycles. The van der Waals surface area contributed by atoms with Crippen molar-refractivity contribution in [3.63, 3.8) is 0 Å². The monoisotopic (exact) mass is 299 g/mol. The molecule has 6 nitrogen and oxygen atoms in total. The Kier molecular flexibility index (Phi) is 3.92. The van der Waals surface area contributed by atoms with Crippen molar-refractivity contribution in [1.29, 1.82) is 0 Å². The molecule has 3 rings (SSSR count). The lowest BCUT2D eigenvalue weighted by Crippen LogP contribution is -2.23. The second kappa shape index (κ2) is 6.19. The first-order chi connectivity index (χ1) is 10.3. The van der Waals surface area contributed by atoms with Gasteiger partial charge < -0.3 is 10.6 Å². The molecule has 0 saturated carbocycles. The third-order valence-corrected chi connectivity index (χ3v) is 3.68. The number of aromatic nitrogens is 3. The molecule has 106 valence electrons. The van der Waals surface area contributed by atoms with Crippen LogP contribution in [0, 0.1) is 0 Å². The number of amides is 1. The molecule has 7 heteroatoms. The van der Waals surface area contributed by atoms with Gasteiger partial charge >= 0.3 is 0 Å². The lowest BCUT2D eigenvalue weighted by molar-refractivity contribution is 0.0947. The molecule has 21 heavy (non-hydrogen) atoms. The van der Waals surface area contributed by atoms with Crippen LogP contribution in [0.25, 0.3) is 0 Å². The van der Waals surface area contributed by atoms with E-state index in [1.54, 1.807) is 11.3 Å². The highest BCUT2D eigenvalue weighted by Gasteiger charge is 2.16. The molecule has 1 amide bonds. The number of anilines is 2. The Morgan fingerprint density at radius 3 is 2.76 bits per heavy atom. The zero-order chi connectivity index (χ0) is 14.5. The van der Waals surface area contributed by atoms with E-state index in [4.69, 9.17) is 0 Å². The number of carbonyl (C=O) groups excluding carboxylic acids is 1. The fraction of sp³-hybridized carbons (Fsp3) is 0.0714. The van der Waals surface area contributed by atoms with Crippen molar-refractivity contribution in [3.05, 3.63) is 58.4 Å². The van der Waals surface area contributed by atoms with Gasteiger partial charge in [-0.3, -0.25) is 4.79 Å². The van der Waals surface area contributed by atoms with Gasteiger partial charge in [-0.15, -0.1) is 21.5 Å². The summed E-state index contributed by atoms with van der Waals surface area (Å²) in [5.41, 5.74) is 1.09. The predicted octanol–water partition coefficient (Wildman–Crippen LogP) is 2.54. The minimum Gasteiger partial charge on any atom is -0.346 e. The molecule has 1 aromatic carbocycles. The quantitative estimate of drug-likeness (QED) is 0.676. The van der Waals surface area contributed by atoms with E-state index >= 15 is 0 Å². The van der Waals surface area contributed by atoms with E-state index in [0.717, 1.165) is 10.6 Å². The van der Waals surface area contributed by atoms with E-state index in [2.05, 4.69) is 26.0 Å². The molecule has 0 spiro atoms. The third-order valence-electron chi connectivity index (χ3n) is 2.80. The maximum Gasteiger partial charge on any atom is 0.276 e. The topological polar surface area (TPSA) is 82.7 Å². The van der Waals surface area contributed by atoms with Gasteiger partial charge in [0, 0.05) is 10.6 Å². The summed E-state index contributed by atoms with van der Waals surface area (Å²) in [6.45, 7) is 0.480. The van der Waals surface area contributed by atoms with Gasteiger partial charge in [-0.2, -0.15) is 5.21 Å². The first-order valence-electron chi connectivity index (χ1n) is 6.36. The highest BCUT2D eigenvalue weighted by molar-refractivity contribution is 7.09. The number of H-pyrrole nitrogens is 1. The summed E-state index contributed by atoms with van der Waals surface area (Å²) in [4.78, 5) is 13.2. The summed E-state index contributed by atoms with van der Waals surface area (Å²) in [5.74, 6) is 0.139. The molecule has 0 aliphatic rings. The van der Waals surface area contributed by atoms with E-state index in [1.165, 1.54) is 0 Å². The molecular weight excluding hydrogens is 286 g/mol. The van der Waals surface area contributed by atoms with Gasteiger partial charge in [-0.05, 0) is 23.6 Å². The van der Waals surface area contributed by atoms with E-state index in [1.807, 2.05) is 47.8 Å². The molecule has 0 aliphatic heterocycles. The van der Waals surface area contributed by atoms with Crippen LogP contribution in [0.5, 0.6) is 0 Å². The van der Waals surface area contributed by atoms with Gasteiger partial charge in [0.25, 0.3) is 5.91 Å². The predicted molar refractivity (Wildman–Crippen MR) is 81.6 cm³/mol. The number of thiophene rings is 1. The number of para-hydroxylation sites is 1. The number of benzene rings is 1. The van der Waals surface area contributed by atoms with Crippen molar-refractivity contribution < 1.29 is 4.79 Å². The summed E-state index contributed by atoms with van der Waals surface area (Å²) in [7, 11) is 0. The smallest absolute Gasteiger partial charge is 0.276 e. The van der Waals surface area contributed by atoms with Gasteiger partial charge in [-0.25, -0.2) is 0 Å². The van der Waals surface area contributed by atoms with Gasteiger partial charge in [0.15, 0.2) is 11.5 Å². The van der Waals surface area contributed by atoms with Crippen molar-refractivity contribution in [3.8, 4) is 0 Å². The van der Waals surface area contributed by atoms with Crippen LogP contribution >= 0.6 is 11.3 Å². The molecule has 0 atom stereocenters. The summed E-state index contributed by atoms with van der Waals surface area (Å²) in [6.07, 6.45) is 0. The van der Waals surface area contributed by atoms with E-state index in [-0.39, 0.29) is 11.6 Å². The number of carbonyl (C=O) groups is 1. The SMILES string of the molecule is O=C(NCc1cccs1)c1n[nH]nc1Nc1ccccc1. The van der Waals surface area contributed by atoms with Crippen LogP contribution in [0.4, 0.5) is 11.5 Å². The first kappa shape index (κ1) is 13.3. The molecule has 0 radical (unpaired) electrons. The minimum atomic E-state index is -0.268. The van der Waals surface area contributed by atoms with Gasteiger partial charge in [-0.1, -0.05) is 24.3 Å². The normalized spacial score (nSPS) is 10.3. The number of hydrogen-bond donors (Lipinski definition) is 3.